The number of anilines is 1. The smallest absolute Gasteiger partial charge is 0.243 e. The summed E-state index contributed by atoms with van der Waals surface area (Å²) >= 11 is 0. The Hall–Kier alpha value is -1.59. The molecule has 1 aromatic carbocycles. The first-order valence-electron chi connectivity index (χ1n) is 5.56. The van der Waals surface area contributed by atoms with Crippen LogP contribution in [0.15, 0.2) is 54.5 Å². The van der Waals surface area contributed by atoms with E-state index in [2.05, 4.69) is 18.5 Å². The molecular formula is C13H18N2O2S. The van der Waals surface area contributed by atoms with E-state index in [0.29, 0.717) is 0 Å². The van der Waals surface area contributed by atoms with Gasteiger partial charge in [-0.3, -0.25) is 0 Å². The third kappa shape index (κ3) is 3.21. The molecule has 0 heterocycles. The van der Waals surface area contributed by atoms with Crippen molar-refractivity contribution in [3.8, 4) is 0 Å². The Morgan fingerprint density at radius 1 is 1.17 bits per heavy atom. The lowest BCUT2D eigenvalue weighted by atomic mass is 10.3. The highest BCUT2D eigenvalue weighted by Crippen LogP contribution is 2.18. The summed E-state index contributed by atoms with van der Waals surface area (Å²) in [4.78, 5) is 0.269. The molecule has 0 radical (unpaired) electrons. The van der Waals surface area contributed by atoms with Crippen LogP contribution in [0, 0.1) is 0 Å². The highest BCUT2D eigenvalue weighted by Gasteiger charge is 2.21. The lowest BCUT2D eigenvalue weighted by molar-refractivity contribution is 0.474. The molecule has 0 saturated heterocycles. The number of rotatable bonds is 7. The molecule has 0 aliphatic heterocycles. The van der Waals surface area contributed by atoms with Crippen molar-refractivity contribution in [3.63, 3.8) is 0 Å². The molecule has 0 aromatic heterocycles. The molecule has 5 heteroatoms. The third-order valence-corrected chi connectivity index (χ3v) is 4.29. The van der Waals surface area contributed by atoms with Gasteiger partial charge in [0.15, 0.2) is 0 Å². The van der Waals surface area contributed by atoms with E-state index in [9.17, 15) is 8.42 Å². The van der Waals surface area contributed by atoms with Gasteiger partial charge in [0.2, 0.25) is 10.0 Å². The predicted octanol–water partition coefficient (Wildman–Crippen LogP) is 2.09. The minimum Gasteiger partial charge on any atom is -0.388 e. The minimum absolute atomic E-state index is 0.266. The van der Waals surface area contributed by atoms with Gasteiger partial charge in [-0.1, -0.05) is 12.2 Å². The van der Waals surface area contributed by atoms with Crippen molar-refractivity contribution < 1.29 is 8.42 Å². The Morgan fingerprint density at radius 2 is 1.67 bits per heavy atom. The van der Waals surface area contributed by atoms with E-state index in [1.54, 1.807) is 43.5 Å². The molecule has 1 aromatic rings. The number of hydrogen-bond donors (Lipinski definition) is 1. The van der Waals surface area contributed by atoms with Gasteiger partial charge < -0.3 is 5.32 Å². The molecule has 1 rings (SSSR count). The monoisotopic (exact) mass is 266 g/mol. The molecule has 0 fully saturated rings. The van der Waals surface area contributed by atoms with Crippen molar-refractivity contribution in [2.75, 3.05) is 25.5 Å². The van der Waals surface area contributed by atoms with Crippen molar-refractivity contribution in [1.29, 1.82) is 0 Å². The Kier molecular flexibility index (Phi) is 5.12. The number of sulfonamides is 1. The van der Waals surface area contributed by atoms with Crippen LogP contribution < -0.4 is 5.32 Å². The Labute approximate surface area is 109 Å². The zero-order valence-corrected chi connectivity index (χ0v) is 11.3. The van der Waals surface area contributed by atoms with Crippen molar-refractivity contribution in [2.45, 2.75) is 4.90 Å². The largest absolute Gasteiger partial charge is 0.388 e. The summed E-state index contributed by atoms with van der Waals surface area (Å²) < 4.78 is 26.0. The summed E-state index contributed by atoms with van der Waals surface area (Å²) in [5.74, 6) is 0. The first-order valence-corrected chi connectivity index (χ1v) is 7.00. The van der Waals surface area contributed by atoms with E-state index in [0.717, 1.165) is 5.69 Å². The van der Waals surface area contributed by atoms with Crippen molar-refractivity contribution in [2.24, 2.45) is 0 Å². The van der Waals surface area contributed by atoms with Crippen molar-refractivity contribution >= 4 is 15.7 Å². The fourth-order valence-electron chi connectivity index (χ4n) is 1.50. The second-order valence-corrected chi connectivity index (χ2v) is 5.61. The lowest BCUT2D eigenvalue weighted by Gasteiger charge is -2.19. The van der Waals surface area contributed by atoms with Crippen LogP contribution in [0.25, 0.3) is 0 Å². The fraction of sp³-hybridized carbons (Fsp3) is 0.231. The third-order valence-electron chi connectivity index (χ3n) is 2.45. The summed E-state index contributed by atoms with van der Waals surface area (Å²) in [6.45, 7) is 7.67. The normalized spacial score (nSPS) is 11.2. The summed E-state index contributed by atoms with van der Waals surface area (Å²) in [6, 6.07) is 6.63. The van der Waals surface area contributed by atoms with Crippen LogP contribution in [0.5, 0.6) is 0 Å². The van der Waals surface area contributed by atoms with Crippen LogP contribution in [0.1, 0.15) is 0 Å². The zero-order valence-electron chi connectivity index (χ0n) is 10.5. The highest BCUT2D eigenvalue weighted by molar-refractivity contribution is 7.89. The van der Waals surface area contributed by atoms with Gasteiger partial charge in [0.25, 0.3) is 0 Å². The van der Waals surface area contributed by atoms with E-state index in [4.69, 9.17) is 0 Å². The van der Waals surface area contributed by atoms with E-state index < -0.39 is 10.0 Å². The fourth-order valence-corrected chi connectivity index (χ4v) is 2.88. The number of nitrogens with zero attached hydrogens (tertiary/aromatic N) is 1. The maximum absolute atomic E-state index is 12.3. The Balaban J connectivity index is 3.08. The van der Waals surface area contributed by atoms with E-state index in [-0.39, 0.29) is 18.0 Å². The minimum atomic E-state index is -3.49. The average Bonchev–Trinajstić information content (AvgIpc) is 2.38. The summed E-state index contributed by atoms with van der Waals surface area (Å²) in [6.07, 6.45) is 3.12. The molecule has 0 aliphatic rings. The molecule has 0 bridgehead atoms. The SMILES string of the molecule is C=CCN(CC=C)S(=O)(=O)c1ccc(NC)cc1. The van der Waals surface area contributed by atoms with Gasteiger partial charge in [-0.15, -0.1) is 13.2 Å². The predicted molar refractivity (Wildman–Crippen MR) is 75.1 cm³/mol. The molecule has 1 N–H and O–H groups in total. The first kappa shape index (κ1) is 14.5. The number of benzene rings is 1. The molecule has 0 spiro atoms. The van der Waals surface area contributed by atoms with E-state index in [1.807, 2.05) is 0 Å². The van der Waals surface area contributed by atoms with Crippen LogP contribution in [-0.2, 0) is 10.0 Å². The maximum Gasteiger partial charge on any atom is 0.243 e. The molecule has 0 unspecified atom stereocenters. The van der Waals surface area contributed by atoms with Crippen molar-refractivity contribution in [1.82, 2.24) is 4.31 Å². The first-order chi connectivity index (χ1) is 8.56. The van der Waals surface area contributed by atoms with Gasteiger partial charge in [0, 0.05) is 25.8 Å². The van der Waals surface area contributed by atoms with Gasteiger partial charge in [0.05, 0.1) is 4.90 Å². The Bertz CT molecular complexity index is 496. The second kappa shape index (κ2) is 6.37. The molecular weight excluding hydrogens is 248 g/mol. The van der Waals surface area contributed by atoms with E-state index in [1.165, 1.54) is 4.31 Å². The van der Waals surface area contributed by atoms with Gasteiger partial charge in [0.1, 0.15) is 0 Å². The molecule has 18 heavy (non-hydrogen) atoms. The average molecular weight is 266 g/mol. The van der Waals surface area contributed by atoms with Gasteiger partial charge >= 0.3 is 0 Å². The van der Waals surface area contributed by atoms with Gasteiger partial charge in [-0.05, 0) is 24.3 Å². The quantitative estimate of drug-likeness (QED) is 0.769. The molecule has 0 saturated carbocycles. The second-order valence-electron chi connectivity index (χ2n) is 3.67. The summed E-state index contributed by atoms with van der Waals surface area (Å²) in [7, 11) is -1.70. The summed E-state index contributed by atoms with van der Waals surface area (Å²) in [5.41, 5.74) is 0.868. The molecule has 4 nitrogen and oxygen atoms in total. The Morgan fingerprint density at radius 3 is 2.06 bits per heavy atom. The lowest BCUT2D eigenvalue weighted by Crippen LogP contribution is -2.31. The number of nitrogens with one attached hydrogen (secondary N) is 1. The molecule has 98 valence electrons. The van der Waals surface area contributed by atoms with Gasteiger partial charge in [-0.2, -0.15) is 4.31 Å². The molecule has 0 atom stereocenters. The van der Waals surface area contributed by atoms with Crippen LogP contribution in [0.3, 0.4) is 0 Å². The van der Waals surface area contributed by atoms with E-state index >= 15 is 0 Å². The van der Waals surface area contributed by atoms with Crippen LogP contribution >= 0.6 is 0 Å². The van der Waals surface area contributed by atoms with Crippen LogP contribution in [0.4, 0.5) is 5.69 Å². The standard InChI is InChI=1S/C13H18N2O2S/c1-4-10-15(11-5-2)18(16,17)13-8-6-12(14-3)7-9-13/h4-9,14H,1-2,10-11H2,3H3. The topological polar surface area (TPSA) is 49.4 Å². The van der Waals surface area contributed by atoms with Gasteiger partial charge in [-0.25, -0.2) is 8.42 Å². The van der Waals surface area contributed by atoms with Crippen LogP contribution in [0.2, 0.25) is 0 Å². The van der Waals surface area contributed by atoms with Crippen LogP contribution in [-0.4, -0.2) is 32.9 Å². The highest BCUT2D eigenvalue weighted by atomic mass is 32.2. The molecule has 0 aliphatic carbocycles. The summed E-state index contributed by atoms with van der Waals surface area (Å²) in [5, 5.41) is 2.94. The zero-order chi connectivity index (χ0) is 13.6. The maximum atomic E-state index is 12.3. The van der Waals surface area contributed by atoms with Crippen molar-refractivity contribution in [3.05, 3.63) is 49.6 Å². The number of hydrogen-bond acceptors (Lipinski definition) is 3. The molecule has 0 amide bonds.